The molecule has 1 aromatic heterocycles. The molecule has 1 aliphatic rings. The van der Waals surface area contributed by atoms with Crippen molar-refractivity contribution in [2.24, 2.45) is 11.8 Å². The van der Waals surface area contributed by atoms with Gasteiger partial charge < -0.3 is 5.32 Å². The zero-order valence-electron chi connectivity index (χ0n) is 11.3. The minimum Gasteiger partial charge on any atom is -0.311 e. The summed E-state index contributed by atoms with van der Waals surface area (Å²) in [5.41, 5.74) is 1.17. The van der Waals surface area contributed by atoms with E-state index in [1.54, 1.807) is 0 Å². The van der Waals surface area contributed by atoms with E-state index >= 15 is 0 Å². The van der Waals surface area contributed by atoms with E-state index in [9.17, 15) is 0 Å². The van der Waals surface area contributed by atoms with Crippen molar-refractivity contribution in [2.75, 3.05) is 6.54 Å². The molecule has 0 saturated heterocycles. The van der Waals surface area contributed by atoms with Gasteiger partial charge in [-0.15, -0.1) is 0 Å². The van der Waals surface area contributed by atoms with Crippen LogP contribution >= 0.6 is 0 Å². The van der Waals surface area contributed by atoms with Gasteiger partial charge in [-0.05, 0) is 43.7 Å². The molecular weight excluding hydrogens is 210 g/mol. The van der Waals surface area contributed by atoms with Gasteiger partial charge >= 0.3 is 0 Å². The lowest BCUT2D eigenvalue weighted by Gasteiger charge is -2.12. The van der Waals surface area contributed by atoms with Crippen LogP contribution in [0.15, 0.2) is 12.3 Å². The molecule has 1 aromatic rings. The third kappa shape index (κ3) is 3.32. The number of hydrogen-bond acceptors (Lipinski definition) is 2. The van der Waals surface area contributed by atoms with E-state index < -0.39 is 0 Å². The van der Waals surface area contributed by atoms with E-state index in [0.717, 1.165) is 37.8 Å². The van der Waals surface area contributed by atoms with Crippen LogP contribution in [0.2, 0.25) is 0 Å². The molecule has 0 spiro atoms. The third-order valence-electron chi connectivity index (χ3n) is 3.97. The zero-order valence-corrected chi connectivity index (χ0v) is 11.3. The number of nitrogens with zero attached hydrogens (tertiary/aromatic N) is 2. The largest absolute Gasteiger partial charge is 0.311 e. The number of aromatic nitrogens is 2. The third-order valence-corrected chi connectivity index (χ3v) is 3.97. The van der Waals surface area contributed by atoms with Crippen LogP contribution in [0.25, 0.3) is 0 Å². The van der Waals surface area contributed by atoms with Crippen molar-refractivity contribution in [3.8, 4) is 0 Å². The van der Waals surface area contributed by atoms with Gasteiger partial charge in [0.15, 0.2) is 0 Å². The van der Waals surface area contributed by atoms with Crippen molar-refractivity contribution in [1.29, 1.82) is 0 Å². The minimum absolute atomic E-state index is 0.562. The second-order valence-corrected chi connectivity index (χ2v) is 5.36. The maximum absolute atomic E-state index is 4.64. The first-order chi connectivity index (χ1) is 8.24. The Balaban J connectivity index is 1.77. The second kappa shape index (κ2) is 5.67. The van der Waals surface area contributed by atoms with Crippen molar-refractivity contribution in [2.45, 2.75) is 52.6 Å². The van der Waals surface area contributed by atoms with E-state index in [2.05, 4.69) is 48.1 Å². The molecule has 96 valence electrons. The van der Waals surface area contributed by atoms with E-state index in [0.29, 0.717) is 6.04 Å². The average molecular weight is 235 g/mol. The van der Waals surface area contributed by atoms with E-state index in [4.69, 9.17) is 0 Å². The molecule has 0 radical (unpaired) electrons. The quantitative estimate of drug-likeness (QED) is 0.787. The Hall–Kier alpha value is -0.830. The zero-order chi connectivity index (χ0) is 12.3. The first kappa shape index (κ1) is 12.6. The Morgan fingerprint density at radius 2 is 2.18 bits per heavy atom. The van der Waals surface area contributed by atoms with Crippen molar-refractivity contribution >= 4 is 0 Å². The second-order valence-electron chi connectivity index (χ2n) is 5.36. The van der Waals surface area contributed by atoms with Gasteiger partial charge in [0.1, 0.15) is 0 Å². The fourth-order valence-corrected chi connectivity index (χ4v) is 2.41. The summed E-state index contributed by atoms with van der Waals surface area (Å²) in [7, 11) is 0. The lowest BCUT2D eigenvalue weighted by molar-refractivity contribution is 0.424. The Morgan fingerprint density at radius 1 is 1.47 bits per heavy atom. The van der Waals surface area contributed by atoms with Gasteiger partial charge in [-0.25, -0.2) is 0 Å². The maximum atomic E-state index is 4.64. The predicted molar refractivity (Wildman–Crippen MR) is 70.8 cm³/mol. The molecule has 2 atom stereocenters. The summed E-state index contributed by atoms with van der Waals surface area (Å²) < 4.78 is 2.12. The maximum Gasteiger partial charge on any atom is 0.0762 e. The minimum atomic E-state index is 0.562. The molecule has 3 nitrogen and oxygen atoms in total. The molecule has 2 unspecified atom stereocenters. The van der Waals surface area contributed by atoms with Gasteiger partial charge in [0, 0.05) is 12.7 Å². The Labute approximate surface area is 105 Å². The molecule has 1 heterocycles. The summed E-state index contributed by atoms with van der Waals surface area (Å²) in [4.78, 5) is 0. The van der Waals surface area contributed by atoms with E-state index in [-0.39, 0.29) is 0 Å². The summed E-state index contributed by atoms with van der Waals surface area (Å²) in [6.07, 6.45) is 5.83. The molecule has 0 aromatic carbocycles. The average Bonchev–Trinajstić information content (AvgIpc) is 2.84. The van der Waals surface area contributed by atoms with Crippen molar-refractivity contribution in [3.05, 3.63) is 18.0 Å². The smallest absolute Gasteiger partial charge is 0.0762 e. The van der Waals surface area contributed by atoms with Crippen molar-refractivity contribution in [3.63, 3.8) is 0 Å². The monoisotopic (exact) mass is 235 g/mol. The van der Waals surface area contributed by atoms with Gasteiger partial charge in [0.2, 0.25) is 0 Å². The molecule has 1 aliphatic carbocycles. The lowest BCUT2D eigenvalue weighted by Crippen LogP contribution is -2.17. The summed E-state index contributed by atoms with van der Waals surface area (Å²) in [6.45, 7) is 8.84. The highest BCUT2D eigenvalue weighted by molar-refractivity contribution is 4.99. The summed E-state index contributed by atoms with van der Waals surface area (Å²) in [5.74, 6) is 1.85. The highest BCUT2D eigenvalue weighted by Crippen LogP contribution is 2.36. The highest BCUT2D eigenvalue weighted by Gasteiger charge is 2.31. The molecule has 0 aliphatic heterocycles. The summed E-state index contributed by atoms with van der Waals surface area (Å²) in [6, 6.07) is 2.70. The van der Waals surface area contributed by atoms with Crippen LogP contribution in [-0.2, 0) is 6.54 Å². The Bertz CT molecular complexity index is 341. The summed E-state index contributed by atoms with van der Waals surface area (Å²) in [5, 5.41) is 8.15. The number of rotatable bonds is 7. The SMILES string of the molecule is CCC(CC)n1ccc(CNCC2CC2C)n1. The van der Waals surface area contributed by atoms with Gasteiger partial charge in [0.05, 0.1) is 11.7 Å². The van der Waals surface area contributed by atoms with Crippen LogP contribution in [0.1, 0.15) is 51.8 Å². The van der Waals surface area contributed by atoms with Crippen LogP contribution < -0.4 is 5.32 Å². The van der Waals surface area contributed by atoms with Crippen LogP contribution in [0, 0.1) is 11.8 Å². The first-order valence-corrected chi connectivity index (χ1v) is 6.99. The number of hydrogen-bond donors (Lipinski definition) is 1. The summed E-state index contributed by atoms with van der Waals surface area (Å²) >= 11 is 0. The van der Waals surface area contributed by atoms with Gasteiger partial charge in [-0.2, -0.15) is 5.10 Å². The van der Waals surface area contributed by atoms with E-state index in [1.807, 2.05) is 0 Å². The molecule has 17 heavy (non-hydrogen) atoms. The fourth-order valence-electron chi connectivity index (χ4n) is 2.41. The standard InChI is InChI=1S/C14H25N3/c1-4-14(5-2)17-7-6-13(16-17)10-15-9-12-8-11(12)3/h6-7,11-12,14-15H,4-5,8-10H2,1-3H3. The normalized spacial score (nSPS) is 23.3. The molecule has 0 amide bonds. The lowest BCUT2D eigenvalue weighted by atomic mass is 10.2. The molecule has 0 bridgehead atoms. The van der Waals surface area contributed by atoms with Crippen molar-refractivity contribution < 1.29 is 0 Å². The van der Waals surface area contributed by atoms with Crippen LogP contribution in [0.5, 0.6) is 0 Å². The molecule has 2 rings (SSSR count). The highest BCUT2D eigenvalue weighted by atomic mass is 15.3. The molecular formula is C14H25N3. The van der Waals surface area contributed by atoms with Gasteiger partial charge in [-0.1, -0.05) is 20.8 Å². The first-order valence-electron chi connectivity index (χ1n) is 6.99. The molecule has 3 heteroatoms. The van der Waals surface area contributed by atoms with Crippen LogP contribution in [0.3, 0.4) is 0 Å². The molecule has 1 fully saturated rings. The van der Waals surface area contributed by atoms with E-state index in [1.165, 1.54) is 12.1 Å². The number of nitrogens with one attached hydrogen (secondary N) is 1. The van der Waals surface area contributed by atoms with Crippen LogP contribution in [-0.4, -0.2) is 16.3 Å². The van der Waals surface area contributed by atoms with Gasteiger partial charge in [-0.3, -0.25) is 4.68 Å². The van der Waals surface area contributed by atoms with Crippen molar-refractivity contribution in [1.82, 2.24) is 15.1 Å². The molecule has 1 saturated carbocycles. The topological polar surface area (TPSA) is 29.9 Å². The fraction of sp³-hybridized carbons (Fsp3) is 0.786. The van der Waals surface area contributed by atoms with Crippen LogP contribution in [0.4, 0.5) is 0 Å². The Kier molecular flexibility index (Phi) is 4.21. The molecule has 1 N–H and O–H groups in total. The van der Waals surface area contributed by atoms with Gasteiger partial charge in [0.25, 0.3) is 0 Å². The predicted octanol–water partition coefficient (Wildman–Crippen LogP) is 2.99. The Morgan fingerprint density at radius 3 is 2.76 bits per heavy atom.